The average Bonchev–Trinajstić information content (AvgIpc) is 2.42. The summed E-state index contributed by atoms with van der Waals surface area (Å²) in [6, 6.07) is 6.41. The minimum Gasteiger partial charge on any atom is -0.385 e. The first kappa shape index (κ1) is 14.7. The number of methoxy groups -OCH3 is 1. The molecule has 0 aliphatic rings. The Morgan fingerprint density at radius 2 is 2.20 bits per heavy atom. The predicted molar refractivity (Wildman–Crippen MR) is 79.3 cm³/mol. The molecule has 0 aliphatic carbocycles. The van der Waals surface area contributed by atoms with Gasteiger partial charge in [0.15, 0.2) is 0 Å². The molecule has 0 unspecified atom stereocenters. The van der Waals surface area contributed by atoms with Crippen LogP contribution in [0, 0.1) is 5.82 Å². The molecule has 1 atom stereocenters. The Labute approximate surface area is 118 Å². The van der Waals surface area contributed by atoms with Crippen molar-refractivity contribution in [3.63, 3.8) is 0 Å². The van der Waals surface area contributed by atoms with E-state index in [0.717, 1.165) is 23.9 Å². The van der Waals surface area contributed by atoms with E-state index in [1.54, 1.807) is 13.2 Å². The summed E-state index contributed by atoms with van der Waals surface area (Å²) in [6.07, 6.45) is 0.873. The van der Waals surface area contributed by atoms with Gasteiger partial charge in [-0.1, -0.05) is 0 Å². The zero-order chi connectivity index (χ0) is 14.5. The first-order valence-corrected chi connectivity index (χ1v) is 6.70. The zero-order valence-electron chi connectivity index (χ0n) is 11.8. The molecule has 0 saturated heterocycles. The van der Waals surface area contributed by atoms with Crippen molar-refractivity contribution in [2.45, 2.75) is 19.4 Å². The standard InChI is InChI=1S/C15H20FN3O/c1-10(17)13-8-11-4-5-12(16)9-14(11)19-15(13)18-6-3-7-20-2/h4-5,8-10H,3,6-7,17H2,1-2H3,(H,18,19)/t10-/m0/s1. The van der Waals surface area contributed by atoms with Crippen LogP contribution in [0.5, 0.6) is 0 Å². The molecule has 1 aromatic heterocycles. The molecule has 0 bridgehead atoms. The van der Waals surface area contributed by atoms with Crippen LogP contribution in [0.2, 0.25) is 0 Å². The number of nitrogens with two attached hydrogens (primary N) is 1. The lowest BCUT2D eigenvalue weighted by molar-refractivity contribution is 0.197. The third-order valence-electron chi connectivity index (χ3n) is 3.12. The third kappa shape index (κ3) is 3.43. The fourth-order valence-corrected chi connectivity index (χ4v) is 2.07. The van der Waals surface area contributed by atoms with E-state index < -0.39 is 0 Å². The van der Waals surface area contributed by atoms with Crippen molar-refractivity contribution in [1.29, 1.82) is 0 Å². The van der Waals surface area contributed by atoms with Crippen molar-refractivity contribution in [3.8, 4) is 0 Å². The van der Waals surface area contributed by atoms with Crippen LogP contribution in [0.4, 0.5) is 10.2 Å². The van der Waals surface area contributed by atoms with Crippen LogP contribution in [0.15, 0.2) is 24.3 Å². The van der Waals surface area contributed by atoms with Gasteiger partial charge in [0.2, 0.25) is 0 Å². The second kappa shape index (κ2) is 6.63. The summed E-state index contributed by atoms with van der Waals surface area (Å²) in [6.45, 7) is 3.33. The Kier molecular flexibility index (Phi) is 4.87. The van der Waals surface area contributed by atoms with Crippen LogP contribution < -0.4 is 11.1 Å². The van der Waals surface area contributed by atoms with Crippen molar-refractivity contribution in [3.05, 3.63) is 35.6 Å². The average molecular weight is 277 g/mol. The molecule has 0 spiro atoms. The summed E-state index contributed by atoms with van der Waals surface area (Å²) in [7, 11) is 1.67. The molecule has 1 heterocycles. The highest BCUT2D eigenvalue weighted by Gasteiger charge is 2.10. The van der Waals surface area contributed by atoms with E-state index in [1.165, 1.54) is 12.1 Å². The summed E-state index contributed by atoms with van der Waals surface area (Å²) in [5, 5.41) is 4.14. The van der Waals surface area contributed by atoms with Crippen molar-refractivity contribution in [2.24, 2.45) is 5.73 Å². The largest absolute Gasteiger partial charge is 0.385 e. The Bertz CT molecular complexity index is 587. The molecule has 0 saturated carbocycles. The monoisotopic (exact) mass is 277 g/mol. The van der Waals surface area contributed by atoms with Gasteiger partial charge in [-0.25, -0.2) is 9.37 Å². The summed E-state index contributed by atoms with van der Waals surface area (Å²) in [5.74, 6) is 0.429. The van der Waals surface area contributed by atoms with Gasteiger partial charge in [-0.3, -0.25) is 0 Å². The van der Waals surface area contributed by atoms with E-state index in [0.29, 0.717) is 17.9 Å². The van der Waals surface area contributed by atoms with Crippen molar-refractivity contribution in [2.75, 3.05) is 25.6 Å². The van der Waals surface area contributed by atoms with E-state index in [9.17, 15) is 4.39 Å². The van der Waals surface area contributed by atoms with Crippen LogP contribution in [-0.4, -0.2) is 25.2 Å². The van der Waals surface area contributed by atoms with Crippen molar-refractivity contribution >= 4 is 16.7 Å². The number of aromatic nitrogens is 1. The van der Waals surface area contributed by atoms with E-state index in [-0.39, 0.29) is 11.9 Å². The van der Waals surface area contributed by atoms with Gasteiger partial charge >= 0.3 is 0 Å². The number of halogens is 1. The number of hydrogen-bond acceptors (Lipinski definition) is 4. The summed E-state index contributed by atoms with van der Waals surface area (Å²) >= 11 is 0. The van der Waals surface area contributed by atoms with Gasteiger partial charge in [0.05, 0.1) is 5.52 Å². The molecule has 1 aromatic carbocycles. The minimum atomic E-state index is -0.288. The van der Waals surface area contributed by atoms with Crippen LogP contribution in [-0.2, 0) is 4.74 Å². The molecular formula is C15H20FN3O. The highest BCUT2D eigenvalue weighted by Crippen LogP contribution is 2.25. The number of nitrogens with zero attached hydrogens (tertiary/aromatic N) is 1. The Hall–Kier alpha value is -1.72. The van der Waals surface area contributed by atoms with E-state index in [1.807, 2.05) is 13.0 Å². The second-order valence-electron chi connectivity index (χ2n) is 4.83. The van der Waals surface area contributed by atoms with E-state index >= 15 is 0 Å². The number of nitrogens with one attached hydrogen (secondary N) is 1. The Morgan fingerprint density at radius 3 is 2.90 bits per heavy atom. The SMILES string of the molecule is COCCCNc1nc2cc(F)ccc2cc1[C@H](C)N. The van der Waals surface area contributed by atoms with Gasteiger partial charge in [0.1, 0.15) is 11.6 Å². The highest BCUT2D eigenvalue weighted by atomic mass is 19.1. The molecule has 20 heavy (non-hydrogen) atoms. The smallest absolute Gasteiger partial charge is 0.131 e. The van der Waals surface area contributed by atoms with Crippen molar-refractivity contribution < 1.29 is 9.13 Å². The lowest BCUT2D eigenvalue weighted by Crippen LogP contribution is -2.13. The van der Waals surface area contributed by atoms with Gasteiger partial charge in [-0.05, 0) is 31.5 Å². The number of pyridine rings is 1. The number of rotatable bonds is 6. The van der Waals surface area contributed by atoms with Crippen LogP contribution >= 0.6 is 0 Å². The van der Waals surface area contributed by atoms with Gasteiger partial charge in [0.25, 0.3) is 0 Å². The molecule has 4 nitrogen and oxygen atoms in total. The Morgan fingerprint density at radius 1 is 1.40 bits per heavy atom. The van der Waals surface area contributed by atoms with E-state index in [4.69, 9.17) is 10.5 Å². The molecule has 0 radical (unpaired) electrons. The first-order valence-electron chi connectivity index (χ1n) is 6.70. The third-order valence-corrected chi connectivity index (χ3v) is 3.12. The molecule has 2 rings (SSSR count). The first-order chi connectivity index (χ1) is 9.61. The fraction of sp³-hybridized carbons (Fsp3) is 0.400. The van der Waals surface area contributed by atoms with Gasteiger partial charge < -0.3 is 15.8 Å². The minimum absolute atomic E-state index is 0.137. The van der Waals surface area contributed by atoms with Gasteiger partial charge in [0, 0.05) is 43.3 Å². The van der Waals surface area contributed by atoms with Crippen LogP contribution in [0.3, 0.4) is 0 Å². The second-order valence-corrected chi connectivity index (χ2v) is 4.83. The number of ether oxygens (including phenoxy) is 1. The molecule has 2 aromatic rings. The molecule has 108 valence electrons. The maximum absolute atomic E-state index is 13.3. The number of anilines is 1. The van der Waals surface area contributed by atoms with Gasteiger partial charge in [-0.2, -0.15) is 0 Å². The summed E-state index contributed by atoms with van der Waals surface area (Å²) in [5.41, 5.74) is 7.55. The number of hydrogen-bond donors (Lipinski definition) is 2. The highest BCUT2D eigenvalue weighted by molar-refractivity contribution is 5.82. The molecule has 0 aliphatic heterocycles. The Balaban J connectivity index is 2.31. The molecule has 0 amide bonds. The quantitative estimate of drug-likeness (QED) is 0.797. The van der Waals surface area contributed by atoms with Crippen LogP contribution in [0.25, 0.3) is 10.9 Å². The summed E-state index contributed by atoms with van der Waals surface area (Å²) in [4.78, 5) is 4.48. The lowest BCUT2D eigenvalue weighted by Gasteiger charge is -2.15. The lowest BCUT2D eigenvalue weighted by atomic mass is 10.1. The molecule has 0 fully saturated rings. The van der Waals surface area contributed by atoms with Gasteiger partial charge in [-0.15, -0.1) is 0 Å². The number of fused-ring (bicyclic) bond motifs is 1. The molecule has 5 heteroatoms. The maximum atomic E-state index is 13.3. The van der Waals surface area contributed by atoms with E-state index in [2.05, 4.69) is 10.3 Å². The molecule has 3 N–H and O–H groups in total. The normalized spacial score (nSPS) is 12.6. The maximum Gasteiger partial charge on any atom is 0.131 e. The van der Waals surface area contributed by atoms with Crippen molar-refractivity contribution in [1.82, 2.24) is 4.98 Å². The molecular weight excluding hydrogens is 257 g/mol. The topological polar surface area (TPSA) is 60.2 Å². The zero-order valence-corrected chi connectivity index (χ0v) is 11.8. The fourth-order valence-electron chi connectivity index (χ4n) is 2.07. The summed E-state index contributed by atoms with van der Waals surface area (Å²) < 4.78 is 18.3. The predicted octanol–water partition coefficient (Wildman–Crippen LogP) is 2.84. The van der Waals surface area contributed by atoms with Crippen LogP contribution in [0.1, 0.15) is 24.9 Å². The number of benzene rings is 1.